The van der Waals surface area contributed by atoms with Crippen LogP contribution < -0.4 is 5.73 Å². The summed E-state index contributed by atoms with van der Waals surface area (Å²) in [6, 6.07) is 0.582. The van der Waals surface area contributed by atoms with Crippen LogP contribution in [0.1, 0.15) is 46.5 Å². The van der Waals surface area contributed by atoms with Crippen LogP contribution in [0.15, 0.2) is 0 Å². The molecule has 98 valence electrons. The van der Waals surface area contributed by atoms with Crippen molar-refractivity contribution in [2.75, 3.05) is 6.54 Å². The number of amides is 1. The highest BCUT2D eigenvalue weighted by molar-refractivity contribution is 5.68. The standard InChI is InChI=1S/C13H24N2O2/c1-13(2,3)17-12(16)15-8-4-5-9-10(14)6-7-11(9)15/h9-11H,4-8,14H2,1-3H3. The molecule has 0 spiro atoms. The number of carbonyl (C=O) groups excluding carboxylic acids is 1. The number of nitrogens with zero attached hydrogens (tertiary/aromatic N) is 1. The molecule has 4 nitrogen and oxygen atoms in total. The smallest absolute Gasteiger partial charge is 0.410 e. The molecule has 3 atom stereocenters. The van der Waals surface area contributed by atoms with Crippen LogP contribution in [-0.4, -0.2) is 35.2 Å². The topological polar surface area (TPSA) is 55.6 Å². The van der Waals surface area contributed by atoms with Crippen LogP contribution >= 0.6 is 0 Å². The molecule has 4 heteroatoms. The van der Waals surface area contributed by atoms with E-state index in [0.29, 0.717) is 12.0 Å². The number of carbonyl (C=O) groups is 1. The maximum atomic E-state index is 12.1. The van der Waals surface area contributed by atoms with E-state index in [1.807, 2.05) is 25.7 Å². The zero-order chi connectivity index (χ0) is 12.6. The van der Waals surface area contributed by atoms with Crippen LogP contribution in [0.25, 0.3) is 0 Å². The second kappa shape index (κ2) is 4.48. The van der Waals surface area contributed by atoms with Crippen molar-refractivity contribution in [3.63, 3.8) is 0 Å². The molecule has 2 fully saturated rings. The minimum Gasteiger partial charge on any atom is -0.444 e. The molecule has 1 aliphatic carbocycles. The highest BCUT2D eigenvalue weighted by Crippen LogP contribution is 2.36. The average Bonchev–Trinajstić information content (AvgIpc) is 2.58. The lowest BCUT2D eigenvalue weighted by Gasteiger charge is -2.39. The Morgan fingerprint density at radius 1 is 1.29 bits per heavy atom. The molecule has 2 N–H and O–H groups in total. The van der Waals surface area contributed by atoms with Crippen LogP contribution in [0, 0.1) is 5.92 Å². The fourth-order valence-corrected chi connectivity index (χ4v) is 3.08. The molecular weight excluding hydrogens is 216 g/mol. The lowest BCUT2D eigenvalue weighted by molar-refractivity contribution is 0.00363. The average molecular weight is 240 g/mol. The van der Waals surface area contributed by atoms with Crippen molar-refractivity contribution in [2.45, 2.75) is 64.1 Å². The fourth-order valence-electron chi connectivity index (χ4n) is 3.08. The first-order valence-electron chi connectivity index (χ1n) is 6.64. The summed E-state index contributed by atoms with van der Waals surface area (Å²) in [6.45, 7) is 6.55. The molecular formula is C13H24N2O2. The van der Waals surface area contributed by atoms with E-state index >= 15 is 0 Å². The number of rotatable bonds is 0. The zero-order valence-electron chi connectivity index (χ0n) is 11.1. The summed E-state index contributed by atoms with van der Waals surface area (Å²) in [6.07, 6.45) is 4.11. The van der Waals surface area contributed by atoms with Gasteiger partial charge in [0.05, 0.1) is 0 Å². The van der Waals surface area contributed by atoms with E-state index in [-0.39, 0.29) is 12.1 Å². The van der Waals surface area contributed by atoms with Gasteiger partial charge in [0.25, 0.3) is 0 Å². The highest BCUT2D eigenvalue weighted by atomic mass is 16.6. The van der Waals surface area contributed by atoms with E-state index in [4.69, 9.17) is 10.5 Å². The lowest BCUT2D eigenvalue weighted by atomic mass is 9.90. The molecule has 1 saturated carbocycles. The van der Waals surface area contributed by atoms with Crippen molar-refractivity contribution in [2.24, 2.45) is 11.7 Å². The Morgan fingerprint density at radius 2 is 2.00 bits per heavy atom. The van der Waals surface area contributed by atoms with Gasteiger partial charge in [-0.2, -0.15) is 0 Å². The van der Waals surface area contributed by atoms with Gasteiger partial charge in [0, 0.05) is 18.6 Å². The molecule has 1 aliphatic heterocycles. The van der Waals surface area contributed by atoms with E-state index in [0.717, 1.165) is 32.2 Å². The molecule has 0 radical (unpaired) electrons. The van der Waals surface area contributed by atoms with Gasteiger partial charge >= 0.3 is 6.09 Å². The molecule has 17 heavy (non-hydrogen) atoms. The van der Waals surface area contributed by atoms with Gasteiger partial charge in [-0.3, -0.25) is 0 Å². The first kappa shape index (κ1) is 12.7. The first-order chi connectivity index (χ1) is 7.88. The van der Waals surface area contributed by atoms with Crippen LogP contribution in [-0.2, 0) is 4.74 Å². The van der Waals surface area contributed by atoms with Crippen LogP contribution in [0.4, 0.5) is 4.79 Å². The van der Waals surface area contributed by atoms with E-state index in [2.05, 4.69) is 0 Å². The Bertz CT molecular complexity index is 298. The highest BCUT2D eigenvalue weighted by Gasteiger charge is 2.42. The van der Waals surface area contributed by atoms with Crippen molar-refractivity contribution in [3.05, 3.63) is 0 Å². The van der Waals surface area contributed by atoms with Crippen molar-refractivity contribution in [1.29, 1.82) is 0 Å². The Morgan fingerprint density at radius 3 is 2.65 bits per heavy atom. The minimum atomic E-state index is -0.412. The molecule has 0 aromatic heterocycles. The largest absolute Gasteiger partial charge is 0.444 e. The third kappa shape index (κ3) is 2.73. The number of ether oxygens (including phenoxy) is 1. The van der Waals surface area contributed by atoms with Gasteiger partial charge in [-0.15, -0.1) is 0 Å². The van der Waals surface area contributed by atoms with Crippen molar-refractivity contribution in [1.82, 2.24) is 4.90 Å². The summed E-state index contributed by atoms with van der Waals surface area (Å²) >= 11 is 0. The molecule has 0 aromatic carbocycles. The van der Waals surface area contributed by atoms with Gasteiger partial charge < -0.3 is 15.4 Å². The monoisotopic (exact) mass is 240 g/mol. The Balaban J connectivity index is 2.03. The molecule has 2 rings (SSSR count). The van der Waals surface area contributed by atoms with Gasteiger partial charge in [-0.05, 0) is 52.4 Å². The molecule has 1 saturated heterocycles. The molecule has 2 aliphatic rings. The number of hydrogen-bond acceptors (Lipinski definition) is 3. The Hall–Kier alpha value is -0.770. The Labute approximate surface area is 103 Å². The van der Waals surface area contributed by atoms with E-state index in [1.54, 1.807) is 0 Å². The van der Waals surface area contributed by atoms with Gasteiger partial charge in [0.1, 0.15) is 5.60 Å². The van der Waals surface area contributed by atoms with Gasteiger partial charge in [-0.25, -0.2) is 4.79 Å². The lowest BCUT2D eigenvalue weighted by Crippen LogP contribution is -2.50. The fraction of sp³-hybridized carbons (Fsp3) is 0.923. The third-order valence-corrected chi connectivity index (χ3v) is 3.80. The number of fused-ring (bicyclic) bond motifs is 1. The molecule has 0 bridgehead atoms. The summed E-state index contributed by atoms with van der Waals surface area (Å²) in [7, 11) is 0. The normalized spacial score (nSPS) is 33.4. The maximum Gasteiger partial charge on any atom is 0.410 e. The summed E-state index contributed by atoms with van der Waals surface area (Å²) in [4.78, 5) is 14.0. The summed E-state index contributed by atoms with van der Waals surface area (Å²) in [5.74, 6) is 0.483. The van der Waals surface area contributed by atoms with Crippen molar-refractivity contribution in [3.8, 4) is 0 Å². The van der Waals surface area contributed by atoms with Crippen molar-refractivity contribution < 1.29 is 9.53 Å². The summed E-state index contributed by atoms with van der Waals surface area (Å²) in [5.41, 5.74) is 5.69. The molecule has 0 aromatic rings. The zero-order valence-corrected chi connectivity index (χ0v) is 11.1. The van der Waals surface area contributed by atoms with E-state index in [9.17, 15) is 4.79 Å². The number of piperidine rings is 1. The van der Waals surface area contributed by atoms with Crippen LogP contribution in [0.5, 0.6) is 0 Å². The Kier molecular flexibility index (Phi) is 3.34. The second-order valence-corrected chi connectivity index (χ2v) is 6.29. The van der Waals surface area contributed by atoms with Crippen LogP contribution in [0.2, 0.25) is 0 Å². The van der Waals surface area contributed by atoms with Crippen molar-refractivity contribution >= 4 is 6.09 Å². The third-order valence-electron chi connectivity index (χ3n) is 3.80. The van der Waals surface area contributed by atoms with E-state index in [1.165, 1.54) is 0 Å². The van der Waals surface area contributed by atoms with Crippen LogP contribution in [0.3, 0.4) is 0 Å². The predicted molar refractivity (Wildman–Crippen MR) is 66.7 cm³/mol. The molecule has 1 amide bonds. The van der Waals surface area contributed by atoms with Gasteiger partial charge in [0.2, 0.25) is 0 Å². The predicted octanol–water partition coefficient (Wildman–Crippen LogP) is 2.12. The summed E-state index contributed by atoms with van der Waals surface area (Å²) in [5, 5.41) is 0. The number of hydrogen-bond donors (Lipinski definition) is 1. The molecule has 3 unspecified atom stereocenters. The number of nitrogens with two attached hydrogens (primary N) is 1. The van der Waals surface area contributed by atoms with Gasteiger partial charge in [-0.1, -0.05) is 0 Å². The second-order valence-electron chi connectivity index (χ2n) is 6.29. The number of likely N-dealkylation sites (tertiary alicyclic amines) is 1. The summed E-state index contributed by atoms with van der Waals surface area (Å²) < 4.78 is 5.47. The van der Waals surface area contributed by atoms with E-state index < -0.39 is 5.60 Å². The first-order valence-corrected chi connectivity index (χ1v) is 6.64. The molecule has 1 heterocycles. The minimum absolute atomic E-state index is 0.165. The van der Waals surface area contributed by atoms with Gasteiger partial charge in [0.15, 0.2) is 0 Å². The SMILES string of the molecule is CC(C)(C)OC(=O)N1CCCC2C(N)CCC21. The maximum absolute atomic E-state index is 12.1. The quantitative estimate of drug-likeness (QED) is 0.705.